The Morgan fingerprint density at radius 3 is 2.55 bits per heavy atom. The Balaban J connectivity index is 1.96. The first kappa shape index (κ1) is 14.2. The van der Waals surface area contributed by atoms with Gasteiger partial charge in [0.25, 0.3) is 0 Å². The number of nitrogens with one attached hydrogen (secondary N) is 1. The molecule has 0 aliphatic rings. The van der Waals surface area contributed by atoms with Crippen LogP contribution in [-0.4, -0.2) is 11.1 Å². The third kappa shape index (κ3) is 3.65. The third-order valence-corrected chi connectivity index (χ3v) is 3.16. The summed E-state index contributed by atoms with van der Waals surface area (Å²) in [4.78, 5) is 10.7. The molecule has 2 aromatic rings. The molecule has 104 valence electrons. The number of benzene rings is 2. The van der Waals surface area contributed by atoms with Crippen LogP contribution in [0.1, 0.15) is 34.5 Å². The van der Waals surface area contributed by atoms with Crippen molar-refractivity contribution in [3.05, 3.63) is 71.0 Å². The van der Waals surface area contributed by atoms with Gasteiger partial charge in [-0.15, -0.1) is 0 Å². The van der Waals surface area contributed by atoms with Crippen molar-refractivity contribution >= 4 is 5.97 Å². The molecular weight excluding hydrogens is 257 g/mol. The molecule has 2 rings (SSSR count). The predicted octanol–water partition coefficient (Wildman–Crippen LogP) is 3.37. The lowest BCUT2D eigenvalue weighted by Crippen LogP contribution is -2.18. The van der Waals surface area contributed by atoms with E-state index in [0.717, 1.165) is 11.1 Å². The summed E-state index contributed by atoms with van der Waals surface area (Å²) >= 11 is 0. The summed E-state index contributed by atoms with van der Waals surface area (Å²) in [5, 5.41) is 12.1. The predicted molar refractivity (Wildman–Crippen MR) is 75.1 cm³/mol. The van der Waals surface area contributed by atoms with E-state index in [2.05, 4.69) is 5.32 Å². The zero-order valence-corrected chi connectivity index (χ0v) is 11.1. The van der Waals surface area contributed by atoms with Gasteiger partial charge in [0.1, 0.15) is 5.82 Å². The fourth-order valence-corrected chi connectivity index (χ4v) is 1.93. The second-order valence-corrected chi connectivity index (χ2v) is 4.66. The van der Waals surface area contributed by atoms with Crippen molar-refractivity contribution in [1.29, 1.82) is 0 Å². The number of carbonyl (C=O) groups is 1. The van der Waals surface area contributed by atoms with Crippen LogP contribution in [0.4, 0.5) is 4.39 Å². The van der Waals surface area contributed by atoms with Gasteiger partial charge in [-0.3, -0.25) is 0 Å². The minimum atomic E-state index is -0.933. The van der Waals surface area contributed by atoms with E-state index in [0.29, 0.717) is 6.54 Å². The standard InChI is InChI=1S/C16H16FNO2/c1-11(14-3-2-4-15(17)9-14)18-10-12-5-7-13(8-6-12)16(19)20/h2-9,11,18H,10H2,1H3,(H,19,20)/t11-/m1/s1. The molecule has 0 aliphatic heterocycles. The quantitative estimate of drug-likeness (QED) is 0.878. The van der Waals surface area contributed by atoms with Crippen LogP contribution in [0.2, 0.25) is 0 Å². The van der Waals surface area contributed by atoms with E-state index < -0.39 is 5.97 Å². The van der Waals surface area contributed by atoms with E-state index in [1.165, 1.54) is 12.1 Å². The Labute approximate surface area is 117 Å². The maximum absolute atomic E-state index is 13.1. The highest BCUT2D eigenvalue weighted by Crippen LogP contribution is 2.14. The molecule has 3 nitrogen and oxygen atoms in total. The maximum Gasteiger partial charge on any atom is 0.335 e. The molecule has 20 heavy (non-hydrogen) atoms. The van der Waals surface area contributed by atoms with Crippen LogP contribution in [0.25, 0.3) is 0 Å². The van der Waals surface area contributed by atoms with E-state index in [1.807, 2.05) is 13.0 Å². The number of rotatable bonds is 5. The number of carboxylic acids is 1. The Bertz CT molecular complexity index is 596. The molecule has 0 aromatic heterocycles. The Morgan fingerprint density at radius 1 is 1.25 bits per heavy atom. The van der Waals surface area contributed by atoms with Crippen LogP contribution in [0, 0.1) is 5.82 Å². The van der Waals surface area contributed by atoms with Gasteiger partial charge in [0.15, 0.2) is 0 Å². The Morgan fingerprint density at radius 2 is 1.95 bits per heavy atom. The number of halogens is 1. The zero-order valence-electron chi connectivity index (χ0n) is 11.1. The molecule has 0 spiro atoms. The molecule has 0 radical (unpaired) electrons. The number of aromatic carboxylic acids is 1. The van der Waals surface area contributed by atoms with Crippen molar-refractivity contribution < 1.29 is 14.3 Å². The van der Waals surface area contributed by atoms with Crippen LogP contribution in [0.3, 0.4) is 0 Å². The molecule has 0 bridgehead atoms. The fourth-order valence-electron chi connectivity index (χ4n) is 1.93. The van der Waals surface area contributed by atoms with Gasteiger partial charge in [-0.2, -0.15) is 0 Å². The molecular formula is C16H16FNO2. The smallest absolute Gasteiger partial charge is 0.335 e. The minimum absolute atomic E-state index is 0.0184. The first-order valence-electron chi connectivity index (χ1n) is 6.37. The van der Waals surface area contributed by atoms with Crippen LogP contribution < -0.4 is 5.32 Å². The maximum atomic E-state index is 13.1. The van der Waals surface area contributed by atoms with Gasteiger partial charge in [-0.25, -0.2) is 9.18 Å². The van der Waals surface area contributed by atoms with Gasteiger partial charge in [-0.05, 0) is 42.3 Å². The van der Waals surface area contributed by atoms with E-state index in [-0.39, 0.29) is 17.4 Å². The summed E-state index contributed by atoms with van der Waals surface area (Å²) in [6.45, 7) is 2.55. The van der Waals surface area contributed by atoms with Crippen molar-refractivity contribution in [3.8, 4) is 0 Å². The zero-order chi connectivity index (χ0) is 14.5. The summed E-state index contributed by atoms with van der Waals surface area (Å²) in [5.41, 5.74) is 2.14. The topological polar surface area (TPSA) is 49.3 Å². The molecule has 0 saturated heterocycles. The minimum Gasteiger partial charge on any atom is -0.478 e. The molecule has 0 amide bonds. The van der Waals surface area contributed by atoms with Crippen molar-refractivity contribution in [2.45, 2.75) is 19.5 Å². The second-order valence-electron chi connectivity index (χ2n) is 4.66. The summed E-state index contributed by atoms with van der Waals surface area (Å²) in [5.74, 6) is -1.18. The lowest BCUT2D eigenvalue weighted by Gasteiger charge is -2.14. The van der Waals surface area contributed by atoms with Gasteiger partial charge < -0.3 is 10.4 Å². The third-order valence-electron chi connectivity index (χ3n) is 3.16. The van der Waals surface area contributed by atoms with Crippen LogP contribution in [-0.2, 0) is 6.54 Å². The molecule has 0 heterocycles. The average Bonchev–Trinajstić information content (AvgIpc) is 2.45. The fraction of sp³-hybridized carbons (Fsp3) is 0.188. The van der Waals surface area contributed by atoms with E-state index >= 15 is 0 Å². The number of hydrogen-bond donors (Lipinski definition) is 2. The van der Waals surface area contributed by atoms with Crippen LogP contribution in [0.5, 0.6) is 0 Å². The van der Waals surface area contributed by atoms with Crippen LogP contribution in [0.15, 0.2) is 48.5 Å². The molecule has 4 heteroatoms. The average molecular weight is 273 g/mol. The van der Waals surface area contributed by atoms with Gasteiger partial charge in [-0.1, -0.05) is 24.3 Å². The van der Waals surface area contributed by atoms with Crippen LogP contribution >= 0.6 is 0 Å². The molecule has 0 fully saturated rings. The van der Waals surface area contributed by atoms with Gasteiger partial charge in [0.05, 0.1) is 5.56 Å². The lowest BCUT2D eigenvalue weighted by atomic mass is 10.1. The molecule has 2 N–H and O–H groups in total. The molecule has 2 aromatic carbocycles. The summed E-state index contributed by atoms with van der Waals surface area (Å²) in [6, 6.07) is 13.2. The molecule has 0 saturated carbocycles. The number of hydrogen-bond acceptors (Lipinski definition) is 2. The Hall–Kier alpha value is -2.20. The van der Waals surface area contributed by atoms with E-state index in [1.54, 1.807) is 30.3 Å². The summed E-state index contributed by atoms with van der Waals surface area (Å²) in [6.07, 6.45) is 0. The molecule has 0 unspecified atom stereocenters. The first-order chi connectivity index (χ1) is 9.56. The lowest BCUT2D eigenvalue weighted by molar-refractivity contribution is 0.0697. The van der Waals surface area contributed by atoms with Crippen molar-refractivity contribution in [3.63, 3.8) is 0 Å². The SMILES string of the molecule is C[C@@H](NCc1ccc(C(=O)O)cc1)c1cccc(F)c1. The van der Waals surface area contributed by atoms with Gasteiger partial charge in [0, 0.05) is 12.6 Å². The number of carboxylic acid groups (broad SMARTS) is 1. The summed E-state index contributed by atoms with van der Waals surface area (Å²) in [7, 11) is 0. The monoisotopic (exact) mass is 273 g/mol. The highest BCUT2D eigenvalue weighted by atomic mass is 19.1. The van der Waals surface area contributed by atoms with Gasteiger partial charge >= 0.3 is 5.97 Å². The van der Waals surface area contributed by atoms with E-state index in [4.69, 9.17) is 5.11 Å². The van der Waals surface area contributed by atoms with Crippen molar-refractivity contribution in [2.75, 3.05) is 0 Å². The highest BCUT2D eigenvalue weighted by Gasteiger charge is 2.06. The normalized spacial score (nSPS) is 12.1. The van der Waals surface area contributed by atoms with Crippen molar-refractivity contribution in [2.24, 2.45) is 0 Å². The molecule has 1 atom stereocenters. The highest BCUT2D eigenvalue weighted by molar-refractivity contribution is 5.87. The largest absolute Gasteiger partial charge is 0.478 e. The van der Waals surface area contributed by atoms with E-state index in [9.17, 15) is 9.18 Å². The van der Waals surface area contributed by atoms with Crippen molar-refractivity contribution in [1.82, 2.24) is 5.32 Å². The first-order valence-corrected chi connectivity index (χ1v) is 6.37. The molecule has 0 aliphatic carbocycles. The summed E-state index contributed by atoms with van der Waals surface area (Å²) < 4.78 is 13.1. The van der Waals surface area contributed by atoms with Gasteiger partial charge in [0.2, 0.25) is 0 Å². The Kier molecular flexibility index (Phi) is 4.48. The second kappa shape index (κ2) is 6.30.